The highest BCUT2D eigenvalue weighted by atomic mass is 15.3. The molecule has 6 aromatic heterocycles. The van der Waals surface area contributed by atoms with Crippen molar-refractivity contribution in [1.82, 2.24) is 37.8 Å². The van der Waals surface area contributed by atoms with Gasteiger partial charge in [-0.15, -0.1) is 0 Å². The second-order valence-corrected chi connectivity index (χ2v) is 38.2. The van der Waals surface area contributed by atoms with Gasteiger partial charge in [0.05, 0.1) is 55.2 Å². The zero-order valence-electron chi connectivity index (χ0n) is 65.4. The number of nitrogens with zero attached hydrogens (tertiary/aromatic N) is 8. The average molecular weight is 1360 g/mol. The number of rotatable bonds is 5. The topological polar surface area (TPSA) is 63.3 Å². The number of hydrogen-bond acceptors (Lipinski definition) is 3. The molecule has 0 fully saturated rings. The van der Waals surface area contributed by atoms with Gasteiger partial charge in [0.2, 0.25) is 17.8 Å². The van der Waals surface area contributed by atoms with Gasteiger partial charge in [-0.3, -0.25) is 13.7 Å². The summed E-state index contributed by atoms with van der Waals surface area (Å²) in [4.78, 5) is 17.9. The molecule has 0 amide bonds. The largest absolute Gasteiger partial charge is 0.309 e. The van der Waals surface area contributed by atoms with Crippen molar-refractivity contribution in [3.05, 3.63) is 226 Å². The summed E-state index contributed by atoms with van der Waals surface area (Å²) in [5, 5.41) is 11.8. The maximum absolute atomic E-state index is 6.02. The van der Waals surface area contributed by atoms with E-state index in [9.17, 15) is 0 Å². The van der Waals surface area contributed by atoms with E-state index in [1.807, 2.05) is 0 Å². The van der Waals surface area contributed by atoms with Gasteiger partial charge >= 0.3 is 0 Å². The Morgan fingerprint density at radius 2 is 0.330 bits per heavy atom. The third kappa shape index (κ3) is 11.1. The van der Waals surface area contributed by atoms with E-state index in [0.717, 1.165) is 98.9 Å². The van der Waals surface area contributed by atoms with Crippen molar-refractivity contribution in [2.24, 2.45) is 0 Å². The van der Waals surface area contributed by atoms with E-state index >= 15 is 0 Å². The first kappa shape index (κ1) is 67.7. The number of fused-ring (bicyclic) bond motifs is 15. The Hall–Kier alpha value is -9.79. The van der Waals surface area contributed by atoms with Gasteiger partial charge in [-0.25, -0.2) is 0 Å². The van der Waals surface area contributed by atoms with Crippen LogP contribution in [0.1, 0.15) is 211 Å². The Morgan fingerprint density at radius 1 is 0.165 bits per heavy atom. The third-order valence-electron chi connectivity index (χ3n) is 22.4. The van der Waals surface area contributed by atoms with Crippen LogP contribution < -0.4 is 0 Å². The maximum atomic E-state index is 6.02. The molecule has 8 heteroatoms. The second-order valence-electron chi connectivity index (χ2n) is 38.2. The fourth-order valence-electron chi connectivity index (χ4n) is 15.9. The molecule has 0 aliphatic rings. The Balaban J connectivity index is 1.07. The molecule has 0 aliphatic carbocycles. The quantitative estimate of drug-likeness (QED) is 0.172. The fraction of sp³-hybridized carbons (Fsp3) is 0.337. The summed E-state index contributed by atoms with van der Waals surface area (Å²) in [6.07, 6.45) is 0. The monoisotopic (exact) mass is 1350 g/mol. The van der Waals surface area contributed by atoms with E-state index in [4.69, 9.17) is 15.0 Å². The van der Waals surface area contributed by atoms with E-state index in [1.54, 1.807) is 0 Å². The molecule has 0 N–H and O–H groups in total. The molecule has 16 aromatic rings. The standard InChI is InChI=1S/C95H102N8/c1-88(2,3)55-25-37-75-67(45-55)68-46-56(89(4,5)6)26-38-76(68)99(75)63-33-35-65-66-36-34-64(100-77-39-27-57(90(7,8)9)47-69(77)70-48-58(91(10,11)12)28-40-78(70)100)54-84(66)103(83(65)53-63)87-97-85(101-79-41-29-59(92(13,14)15)49-71(79)72-50-60(93(16,17)18)30-42-80(72)101)96-86(98-87)102-81-43-31-61(94(19,20)21)51-73(81)74-52-62(95(22,23)24)32-44-82(74)102/h25-54H,1-24H3. The minimum atomic E-state index is -0.101. The molecule has 0 bridgehead atoms. The summed E-state index contributed by atoms with van der Waals surface area (Å²) in [5.74, 6) is 1.56. The van der Waals surface area contributed by atoms with Crippen LogP contribution in [0.3, 0.4) is 0 Å². The molecule has 16 rings (SSSR count). The van der Waals surface area contributed by atoms with E-state index in [0.29, 0.717) is 17.8 Å². The molecule has 103 heavy (non-hydrogen) atoms. The lowest BCUT2D eigenvalue weighted by atomic mass is 9.85. The smallest absolute Gasteiger partial charge is 0.241 e. The Labute approximate surface area is 608 Å². The van der Waals surface area contributed by atoms with Gasteiger partial charge in [0.25, 0.3) is 0 Å². The predicted molar refractivity (Wildman–Crippen MR) is 441 cm³/mol. The van der Waals surface area contributed by atoms with Crippen molar-refractivity contribution < 1.29 is 0 Å². The molecule has 8 nitrogen and oxygen atoms in total. The molecular weight excluding hydrogens is 1250 g/mol. The summed E-state index contributed by atoms with van der Waals surface area (Å²) in [5.41, 5.74) is 22.5. The lowest BCUT2D eigenvalue weighted by Gasteiger charge is -2.19. The highest BCUT2D eigenvalue weighted by molar-refractivity contribution is 6.15. The average Bonchev–Trinajstić information content (AvgIpc) is 1.57. The number of aromatic nitrogens is 8. The predicted octanol–water partition coefficient (Wildman–Crippen LogP) is 25.7. The lowest BCUT2D eigenvalue weighted by molar-refractivity contribution is 0.590. The summed E-state index contributed by atoms with van der Waals surface area (Å²) >= 11 is 0. The third-order valence-corrected chi connectivity index (χ3v) is 22.4. The van der Waals surface area contributed by atoms with Gasteiger partial charge in [0.1, 0.15) is 0 Å². The highest BCUT2D eigenvalue weighted by Gasteiger charge is 2.31. The highest BCUT2D eigenvalue weighted by Crippen LogP contribution is 2.46. The summed E-state index contributed by atoms with van der Waals surface area (Å²) in [6.45, 7) is 55.5. The van der Waals surface area contributed by atoms with Gasteiger partial charge in [-0.1, -0.05) is 227 Å². The minimum Gasteiger partial charge on any atom is -0.309 e. The van der Waals surface area contributed by atoms with Crippen LogP contribution in [0.25, 0.3) is 138 Å². The molecule has 522 valence electrons. The zero-order chi connectivity index (χ0) is 73.3. The van der Waals surface area contributed by atoms with Crippen LogP contribution in [0.2, 0.25) is 0 Å². The van der Waals surface area contributed by atoms with E-state index < -0.39 is 0 Å². The van der Waals surface area contributed by atoms with Gasteiger partial charge in [-0.2, -0.15) is 15.0 Å². The van der Waals surface area contributed by atoms with Gasteiger partial charge in [0, 0.05) is 65.2 Å². The van der Waals surface area contributed by atoms with Gasteiger partial charge in [0.15, 0.2) is 0 Å². The van der Waals surface area contributed by atoms with Crippen molar-refractivity contribution in [1.29, 1.82) is 0 Å². The Morgan fingerprint density at radius 3 is 0.505 bits per heavy atom. The van der Waals surface area contributed by atoms with Crippen LogP contribution in [0.5, 0.6) is 0 Å². The SMILES string of the molecule is CC(C)(C)c1ccc2c(c1)c1cc(C(C)(C)C)ccc1n2-c1ccc2c3ccc(-n4c5ccc(C(C)(C)C)cc5c5cc(C(C)(C)C)ccc54)cc3n(-c3nc(-n4c5ccc(C(C)(C)C)cc5c5cc(C(C)(C)C)ccc54)nc(-n4c5ccc(C(C)(C)C)cc5c5cc(C(C)(C)C)ccc54)n3)c2c1. The lowest BCUT2D eigenvalue weighted by Crippen LogP contribution is -2.14. The molecule has 10 aromatic carbocycles. The van der Waals surface area contributed by atoms with Crippen molar-refractivity contribution >= 4 is 109 Å². The number of benzene rings is 10. The Bertz CT molecular complexity index is 5580. The molecule has 0 unspecified atom stereocenters. The van der Waals surface area contributed by atoms with Crippen LogP contribution in [-0.2, 0) is 43.3 Å². The van der Waals surface area contributed by atoms with Crippen molar-refractivity contribution in [2.75, 3.05) is 0 Å². The van der Waals surface area contributed by atoms with Crippen molar-refractivity contribution in [3.63, 3.8) is 0 Å². The number of hydrogen-bond donors (Lipinski definition) is 0. The van der Waals surface area contributed by atoms with Crippen LogP contribution in [0, 0.1) is 0 Å². The Kier molecular flexibility index (Phi) is 14.7. The van der Waals surface area contributed by atoms with Crippen LogP contribution >= 0.6 is 0 Å². The normalized spacial score (nSPS) is 13.6. The first-order valence-corrected chi connectivity index (χ1v) is 37.3. The first-order chi connectivity index (χ1) is 48.1. The van der Waals surface area contributed by atoms with E-state index in [-0.39, 0.29) is 43.3 Å². The maximum Gasteiger partial charge on any atom is 0.241 e. The van der Waals surface area contributed by atoms with Gasteiger partial charge < -0.3 is 9.13 Å². The molecule has 0 radical (unpaired) electrons. The molecular formula is C95H102N8. The van der Waals surface area contributed by atoms with Crippen molar-refractivity contribution in [2.45, 2.75) is 209 Å². The van der Waals surface area contributed by atoms with Crippen LogP contribution in [0.15, 0.2) is 182 Å². The summed E-state index contributed by atoms with van der Waals surface area (Å²) in [6, 6.07) is 70.8. The molecule has 0 spiro atoms. The molecule has 0 aliphatic heterocycles. The first-order valence-electron chi connectivity index (χ1n) is 37.3. The van der Waals surface area contributed by atoms with Crippen molar-refractivity contribution in [3.8, 4) is 29.2 Å². The van der Waals surface area contributed by atoms with Crippen LogP contribution in [0.4, 0.5) is 0 Å². The second kappa shape index (κ2) is 22.4. The minimum absolute atomic E-state index is 0.0525. The zero-order valence-corrected chi connectivity index (χ0v) is 65.4. The fourth-order valence-corrected chi connectivity index (χ4v) is 15.9. The van der Waals surface area contributed by atoms with Crippen LogP contribution in [-0.4, -0.2) is 37.8 Å². The molecule has 0 saturated carbocycles. The van der Waals surface area contributed by atoms with E-state index in [2.05, 4.69) is 371 Å². The van der Waals surface area contributed by atoms with E-state index in [1.165, 1.54) is 66.1 Å². The molecule has 0 saturated heterocycles. The molecule has 6 heterocycles. The summed E-state index contributed by atoms with van der Waals surface area (Å²) in [7, 11) is 0. The molecule has 0 atom stereocenters. The van der Waals surface area contributed by atoms with Gasteiger partial charge in [-0.05, 0) is 209 Å². The summed E-state index contributed by atoms with van der Waals surface area (Å²) < 4.78 is 12.0.